The minimum absolute atomic E-state index is 0.0455. The van der Waals surface area contributed by atoms with E-state index >= 15 is 0 Å². The molecule has 144 valence electrons. The van der Waals surface area contributed by atoms with E-state index in [1.165, 1.54) is 16.8 Å². The molecule has 0 spiro atoms. The van der Waals surface area contributed by atoms with Gasteiger partial charge in [-0.15, -0.1) is 0 Å². The van der Waals surface area contributed by atoms with Gasteiger partial charge in [0.15, 0.2) is 15.5 Å². The lowest BCUT2D eigenvalue weighted by molar-refractivity contribution is 0.0688. The van der Waals surface area contributed by atoms with E-state index in [-0.39, 0.29) is 10.6 Å². The Morgan fingerprint density at radius 2 is 1.61 bits per heavy atom. The molecule has 0 fully saturated rings. The molecule has 0 aliphatic carbocycles. The van der Waals surface area contributed by atoms with Gasteiger partial charge in [0.25, 0.3) is 0 Å². The number of hydrogen-bond acceptors (Lipinski definition) is 4. The van der Waals surface area contributed by atoms with Crippen molar-refractivity contribution in [3.05, 3.63) is 65.9 Å². The summed E-state index contributed by atoms with van der Waals surface area (Å²) in [5, 5.41) is 14.3. The zero-order valence-electron chi connectivity index (χ0n) is 15.7. The summed E-state index contributed by atoms with van der Waals surface area (Å²) in [5.41, 5.74) is 3.41. The van der Waals surface area contributed by atoms with Crippen LogP contribution in [-0.4, -0.2) is 35.5 Å². The summed E-state index contributed by atoms with van der Waals surface area (Å²) in [6, 6.07) is 13.8. The molecule has 2 aromatic carbocycles. The Morgan fingerprint density at radius 3 is 2.11 bits per heavy atom. The van der Waals surface area contributed by atoms with Crippen LogP contribution in [0.15, 0.2) is 59.5 Å². The van der Waals surface area contributed by atoms with Crippen LogP contribution in [0.2, 0.25) is 0 Å². The van der Waals surface area contributed by atoms with E-state index < -0.39 is 15.8 Å². The topological polar surface area (TPSA) is 89.3 Å². The highest BCUT2D eigenvalue weighted by Gasteiger charge is 2.24. The average Bonchev–Trinajstić information content (AvgIpc) is 3.01. The number of aromatic nitrogens is 2. The van der Waals surface area contributed by atoms with Crippen LogP contribution in [0.3, 0.4) is 0 Å². The molecule has 3 rings (SSSR count). The molecule has 0 radical (unpaired) electrons. The van der Waals surface area contributed by atoms with Crippen molar-refractivity contribution in [1.29, 1.82) is 0 Å². The van der Waals surface area contributed by atoms with Crippen LogP contribution in [0, 0.1) is 6.92 Å². The number of nitrogens with zero attached hydrogens (tertiary/aromatic N) is 2. The maximum absolute atomic E-state index is 12.0. The molecule has 0 aliphatic heterocycles. The molecule has 1 aromatic heterocycles. The molecule has 0 aliphatic rings. The fourth-order valence-electron chi connectivity index (χ4n) is 2.94. The predicted molar refractivity (Wildman–Crippen MR) is 109 cm³/mol. The van der Waals surface area contributed by atoms with Crippen LogP contribution in [0.1, 0.15) is 23.0 Å². The Kier molecular flexibility index (Phi) is 5.20. The van der Waals surface area contributed by atoms with E-state index in [2.05, 4.69) is 5.10 Å². The number of aryl methyl sites for hydroxylation is 1. The van der Waals surface area contributed by atoms with Gasteiger partial charge in [-0.1, -0.05) is 48.0 Å². The summed E-state index contributed by atoms with van der Waals surface area (Å²) in [6.45, 7) is 3.73. The number of benzene rings is 2. The highest BCUT2D eigenvalue weighted by molar-refractivity contribution is 7.90. The Hall–Kier alpha value is -3.19. The summed E-state index contributed by atoms with van der Waals surface area (Å²) in [4.78, 5) is 12.2. The first-order chi connectivity index (χ1) is 13.2. The second-order valence-electron chi connectivity index (χ2n) is 6.47. The van der Waals surface area contributed by atoms with E-state index in [4.69, 9.17) is 0 Å². The number of carboxylic acid groups (broad SMARTS) is 1. The summed E-state index contributed by atoms with van der Waals surface area (Å²) < 4.78 is 24.8. The molecule has 0 amide bonds. The Bertz CT molecular complexity index is 1160. The van der Waals surface area contributed by atoms with Crippen molar-refractivity contribution in [2.45, 2.75) is 18.7 Å². The van der Waals surface area contributed by atoms with Crippen LogP contribution in [-0.2, 0) is 9.84 Å². The van der Waals surface area contributed by atoms with Crippen LogP contribution in [0.25, 0.3) is 28.6 Å². The van der Waals surface area contributed by atoms with Crippen LogP contribution in [0.4, 0.5) is 0 Å². The highest BCUT2D eigenvalue weighted by Crippen LogP contribution is 2.35. The Labute approximate surface area is 163 Å². The molecule has 0 unspecified atom stereocenters. The van der Waals surface area contributed by atoms with Crippen molar-refractivity contribution in [2.75, 3.05) is 6.26 Å². The van der Waals surface area contributed by atoms with Crippen molar-refractivity contribution >= 4 is 22.0 Å². The maximum Gasteiger partial charge on any atom is 0.355 e. The Balaban J connectivity index is 2.29. The number of hydrogen-bond donors (Lipinski definition) is 1. The average molecular weight is 396 g/mol. The normalized spacial score (nSPS) is 11.8. The van der Waals surface area contributed by atoms with E-state index in [1.807, 2.05) is 31.2 Å². The Morgan fingerprint density at radius 1 is 1.04 bits per heavy atom. The van der Waals surface area contributed by atoms with Gasteiger partial charge < -0.3 is 5.11 Å². The standard InChI is InChI=1S/C21H20N2O4S/c1-4-13-23-20(21(24)25)18(15-7-5-14(2)6-8-15)19(22-23)16-9-11-17(12-10-16)28(3,26)27/h4-13H,1-3H3,(H,24,25). The molecule has 3 aromatic rings. The predicted octanol–water partition coefficient (Wildman–Crippen LogP) is 4.12. The van der Waals surface area contributed by atoms with Crippen LogP contribution >= 0.6 is 0 Å². The lowest BCUT2D eigenvalue weighted by Crippen LogP contribution is -2.06. The smallest absolute Gasteiger partial charge is 0.355 e. The van der Waals surface area contributed by atoms with Crippen molar-refractivity contribution in [3.63, 3.8) is 0 Å². The van der Waals surface area contributed by atoms with E-state index in [9.17, 15) is 18.3 Å². The summed E-state index contributed by atoms with van der Waals surface area (Å²) in [7, 11) is -3.32. The van der Waals surface area contributed by atoms with Gasteiger partial charge in [-0.05, 0) is 31.5 Å². The first kappa shape index (κ1) is 19.6. The largest absolute Gasteiger partial charge is 0.476 e. The SMILES string of the molecule is CC=Cn1nc(-c2ccc(S(C)(=O)=O)cc2)c(-c2ccc(C)cc2)c1C(=O)O. The van der Waals surface area contributed by atoms with Crippen molar-refractivity contribution in [2.24, 2.45) is 0 Å². The molecule has 1 heterocycles. The molecule has 0 saturated carbocycles. The molecule has 0 atom stereocenters. The lowest BCUT2D eigenvalue weighted by Gasteiger charge is -2.06. The fourth-order valence-corrected chi connectivity index (χ4v) is 3.57. The maximum atomic E-state index is 12.0. The van der Waals surface area contributed by atoms with Crippen molar-refractivity contribution in [1.82, 2.24) is 9.78 Å². The number of allylic oxidation sites excluding steroid dienone is 1. The van der Waals surface area contributed by atoms with Gasteiger partial charge in [0.2, 0.25) is 0 Å². The summed E-state index contributed by atoms with van der Waals surface area (Å²) >= 11 is 0. The zero-order valence-corrected chi connectivity index (χ0v) is 16.6. The van der Waals surface area contributed by atoms with Gasteiger partial charge in [0.1, 0.15) is 5.69 Å². The fraction of sp³-hybridized carbons (Fsp3) is 0.143. The van der Waals surface area contributed by atoms with E-state index in [0.29, 0.717) is 16.8 Å². The number of carboxylic acids is 1. The number of aromatic carboxylic acids is 1. The molecule has 0 bridgehead atoms. The van der Waals surface area contributed by atoms with E-state index in [0.717, 1.165) is 17.4 Å². The van der Waals surface area contributed by atoms with E-state index in [1.54, 1.807) is 31.3 Å². The second kappa shape index (κ2) is 7.44. The third-order valence-corrected chi connectivity index (χ3v) is 5.43. The molecule has 6 nitrogen and oxygen atoms in total. The monoisotopic (exact) mass is 396 g/mol. The summed E-state index contributed by atoms with van der Waals surface area (Å²) in [6.07, 6.45) is 4.42. The summed E-state index contributed by atoms with van der Waals surface area (Å²) in [5.74, 6) is -1.10. The number of rotatable bonds is 5. The molecular weight excluding hydrogens is 376 g/mol. The first-order valence-electron chi connectivity index (χ1n) is 8.58. The third kappa shape index (κ3) is 3.75. The van der Waals surface area contributed by atoms with Gasteiger partial charge in [-0.2, -0.15) is 5.10 Å². The number of sulfone groups is 1. The minimum Gasteiger partial charge on any atom is -0.476 e. The quantitative estimate of drug-likeness (QED) is 0.701. The van der Waals surface area contributed by atoms with Crippen LogP contribution in [0.5, 0.6) is 0 Å². The van der Waals surface area contributed by atoms with Crippen LogP contribution < -0.4 is 0 Å². The molecule has 1 N–H and O–H groups in total. The lowest BCUT2D eigenvalue weighted by atomic mass is 9.98. The second-order valence-corrected chi connectivity index (χ2v) is 8.48. The molecule has 7 heteroatoms. The van der Waals surface area contributed by atoms with Gasteiger partial charge in [-0.25, -0.2) is 17.9 Å². The number of carbonyl (C=O) groups is 1. The molecule has 0 saturated heterocycles. The minimum atomic E-state index is -3.32. The third-order valence-electron chi connectivity index (χ3n) is 4.30. The van der Waals surface area contributed by atoms with Crippen molar-refractivity contribution < 1.29 is 18.3 Å². The van der Waals surface area contributed by atoms with Gasteiger partial charge in [0, 0.05) is 23.6 Å². The first-order valence-corrected chi connectivity index (χ1v) is 10.5. The zero-order chi connectivity index (χ0) is 20.5. The van der Waals surface area contributed by atoms with Crippen molar-refractivity contribution in [3.8, 4) is 22.4 Å². The van der Waals surface area contributed by atoms with Gasteiger partial charge >= 0.3 is 5.97 Å². The molecule has 28 heavy (non-hydrogen) atoms. The molecular formula is C21H20N2O4S. The highest BCUT2D eigenvalue weighted by atomic mass is 32.2. The van der Waals surface area contributed by atoms with Gasteiger partial charge in [-0.3, -0.25) is 0 Å². The van der Waals surface area contributed by atoms with Gasteiger partial charge in [0.05, 0.1) is 4.90 Å².